The Morgan fingerprint density at radius 3 is 2.59 bits per heavy atom. The van der Waals surface area contributed by atoms with Gasteiger partial charge in [-0.1, -0.05) is 48.0 Å². The topological polar surface area (TPSA) is 52.5 Å². The number of halogens is 1. The van der Waals surface area contributed by atoms with E-state index in [1.54, 1.807) is 0 Å². The molecule has 0 spiro atoms. The zero-order valence-corrected chi connectivity index (χ0v) is 17.5. The van der Waals surface area contributed by atoms with E-state index in [-0.39, 0.29) is 5.91 Å². The first-order valence-electron chi connectivity index (χ1n) is 9.88. The number of hydrogen-bond acceptors (Lipinski definition) is 3. The van der Waals surface area contributed by atoms with Crippen LogP contribution in [0, 0.1) is 0 Å². The first kappa shape index (κ1) is 20.0. The molecule has 0 saturated carbocycles. The predicted octanol–water partition coefficient (Wildman–Crippen LogP) is 4.77. The van der Waals surface area contributed by atoms with Crippen LogP contribution in [0.3, 0.4) is 0 Å². The molecule has 4 rings (SSSR count). The number of aromatic nitrogens is 1. The van der Waals surface area contributed by atoms with Crippen molar-refractivity contribution in [1.82, 2.24) is 9.88 Å². The minimum Gasteiger partial charge on any atom is -0.351 e. The van der Waals surface area contributed by atoms with E-state index in [0.29, 0.717) is 30.5 Å². The van der Waals surface area contributed by atoms with Gasteiger partial charge in [0.1, 0.15) is 5.69 Å². The maximum Gasteiger partial charge on any atom is 0.268 e. The summed E-state index contributed by atoms with van der Waals surface area (Å²) in [6.45, 7) is 3.76. The smallest absolute Gasteiger partial charge is 0.268 e. The molecule has 1 saturated heterocycles. The normalized spacial score (nSPS) is 15.7. The molecule has 0 bridgehead atoms. The summed E-state index contributed by atoms with van der Waals surface area (Å²) in [6, 6.07) is 15.7. The van der Waals surface area contributed by atoms with E-state index >= 15 is 0 Å². The van der Waals surface area contributed by atoms with Crippen LogP contribution in [0.15, 0.2) is 48.5 Å². The Hall–Kier alpha value is -2.34. The summed E-state index contributed by atoms with van der Waals surface area (Å²) in [7, 11) is 1.92. The molecule has 152 valence electrons. The highest BCUT2D eigenvalue weighted by atomic mass is 35.5. The second kappa shape index (κ2) is 8.19. The number of hydrogen-bond donors (Lipinski definition) is 1. The summed E-state index contributed by atoms with van der Waals surface area (Å²) in [5, 5.41) is 5.56. The second-order valence-electron chi connectivity index (χ2n) is 7.50. The molecule has 0 atom stereocenters. The van der Waals surface area contributed by atoms with Gasteiger partial charge in [0.05, 0.1) is 18.9 Å². The molecule has 1 amide bonds. The summed E-state index contributed by atoms with van der Waals surface area (Å²) in [6.07, 6.45) is 1.52. The predicted molar refractivity (Wildman–Crippen MR) is 115 cm³/mol. The third-order valence-corrected chi connectivity index (χ3v) is 5.65. The van der Waals surface area contributed by atoms with Gasteiger partial charge in [0.15, 0.2) is 5.79 Å². The molecular weight excluding hydrogens is 388 g/mol. The molecule has 29 heavy (non-hydrogen) atoms. The van der Waals surface area contributed by atoms with Gasteiger partial charge in [0.2, 0.25) is 0 Å². The summed E-state index contributed by atoms with van der Waals surface area (Å²) in [4.78, 5) is 13.1. The minimum absolute atomic E-state index is 0.0968. The van der Waals surface area contributed by atoms with E-state index in [1.165, 1.54) is 0 Å². The Bertz CT molecular complexity index is 1020. The zero-order chi connectivity index (χ0) is 20.4. The summed E-state index contributed by atoms with van der Waals surface area (Å²) < 4.78 is 13.2. The molecule has 3 aromatic rings. The standard InChI is InChI=1S/C23H25ClN2O3/c1-23(28-13-14-29-23)11-6-12-25-22(27)21-18-10-9-17(24)15-19(18)20(26(21)2)16-7-4-3-5-8-16/h3-5,7-10,15H,6,11-14H2,1-2H3,(H,25,27). The minimum atomic E-state index is -0.528. The molecule has 1 fully saturated rings. The quantitative estimate of drug-likeness (QED) is 0.593. The summed E-state index contributed by atoms with van der Waals surface area (Å²) in [5.41, 5.74) is 2.66. The molecule has 2 heterocycles. The van der Waals surface area contributed by atoms with E-state index in [4.69, 9.17) is 21.1 Å². The third-order valence-electron chi connectivity index (χ3n) is 5.42. The fourth-order valence-corrected chi connectivity index (χ4v) is 4.18. The molecule has 1 aromatic heterocycles. The lowest BCUT2D eigenvalue weighted by molar-refractivity contribution is -0.147. The van der Waals surface area contributed by atoms with Gasteiger partial charge in [-0.2, -0.15) is 0 Å². The average molecular weight is 413 g/mol. The Kier molecular flexibility index (Phi) is 5.63. The maximum atomic E-state index is 13.1. The lowest BCUT2D eigenvalue weighted by Gasteiger charge is -2.22. The lowest BCUT2D eigenvalue weighted by atomic mass is 10.1. The Labute approximate surface area is 175 Å². The maximum absolute atomic E-state index is 13.1. The van der Waals surface area contributed by atoms with Crippen LogP contribution in [-0.4, -0.2) is 36.0 Å². The largest absolute Gasteiger partial charge is 0.351 e. The van der Waals surface area contributed by atoms with Crippen molar-refractivity contribution in [2.75, 3.05) is 19.8 Å². The zero-order valence-electron chi connectivity index (χ0n) is 16.7. The molecule has 2 aromatic carbocycles. The van der Waals surface area contributed by atoms with Crippen LogP contribution in [-0.2, 0) is 16.5 Å². The molecule has 0 aliphatic carbocycles. The number of carbonyl (C=O) groups is 1. The van der Waals surface area contributed by atoms with Gasteiger partial charge in [-0.3, -0.25) is 4.79 Å². The van der Waals surface area contributed by atoms with Crippen molar-refractivity contribution in [3.8, 4) is 11.3 Å². The number of rotatable bonds is 6. The first-order valence-corrected chi connectivity index (χ1v) is 10.3. The van der Waals surface area contributed by atoms with Crippen LogP contribution in [0.2, 0.25) is 5.02 Å². The molecule has 6 heteroatoms. The van der Waals surface area contributed by atoms with Crippen molar-refractivity contribution >= 4 is 28.3 Å². The first-order chi connectivity index (χ1) is 14.0. The average Bonchev–Trinajstić information content (AvgIpc) is 3.26. The number of benzene rings is 2. The lowest BCUT2D eigenvalue weighted by Crippen LogP contribution is -2.30. The molecule has 1 aliphatic heterocycles. The van der Waals surface area contributed by atoms with Gasteiger partial charge < -0.3 is 19.4 Å². The molecule has 5 nitrogen and oxygen atoms in total. The third kappa shape index (κ3) is 4.04. The number of carbonyl (C=O) groups excluding carboxylic acids is 1. The van der Waals surface area contributed by atoms with Gasteiger partial charge in [-0.05, 0) is 31.0 Å². The number of nitrogens with one attached hydrogen (secondary N) is 1. The Morgan fingerprint density at radius 1 is 1.14 bits per heavy atom. The van der Waals surface area contributed by atoms with Gasteiger partial charge in [-0.15, -0.1) is 0 Å². The Balaban J connectivity index is 1.58. The molecule has 0 radical (unpaired) electrons. The number of amides is 1. The van der Waals surface area contributed by atoms with Crippen molar-refractivity contribution in [3.63, 3.8) is 0 Å². The second-order valence-corrected chi connectivity index (χ2v) is 7.94. The molecule has 0 unspecified atom stereocenters. The Morgan fingerprint density at radius 2 is 1.86 bits per heavy atom. The van der Waals surface area contributed by atoms with Crippen molar-refractivity contribution in [2.24, 2.45) is 7.05 Å². The number of nitrogens with zero attached hydrogens (tertiary/aromatic N) is 1. The van der Waals surface area contributed by atoms with Gasteiger partial charge in [-0.25, -0.2) is 0 Å². The van der Waals surface area contributed by atoms with Crippen LogP contribution in [0.25, 0.3) is 22.0 Å². The van der Waals surface area contributed by atoms with Crippen LogP contribution >= 0.6 is 11.6 Å². The number of fused-ring (bicyclic) bond motifs is 1. The monoisotopic (exact) mass is 412 g/mol. The van der Waals surface area contributed by atoms with Gasteiger partial charge in [0.25, 0.3) is 5.91 Å². The van der Waals surface area contributed by atoms with Crippen LogP contribution in [0.5, 0.6) is 0 Å². The SMILES string of the molecule is Cn1c(C(=O)NCCCC2(C)OCCO2)c2ccc(Cl)cc2c1-c1ccccc1. The van der Waals surface area contributed by atoms with Gasteiger partial charge >= 0.3 is 0 Å². The van der Waals surface area contributed by atoms with E-state index < -0.39 is 5.79 Å². The van der Waals surface area contributed by atoms with E-state index in [1.807, 2.05) is 67.1 Å². The van der Waals surface area contributed by atoms with Crippen molar-refractivity contribution in [1.29, 1.82) is 0 Å². The fourth-order valence-electron chi connectivity index (χ4n) is 4.01. The summed E-state index contributed by atoms with van der Waals surface area (Å²) >= 11 is 6.26. The van der Waals surface area contributed by atoms with Crippen LogP contribution in [0.4, 0.5) is 0 Å². The fraction of sp³-hybridized carbons (Fsp3) is 0.348. The van der Waals surface area contributed by atoms with E-state index in [0.717, 1.165) is 34.9 Å². The highest BCUT2D eigenvalue weighted by Crippen LogP contribution is 2.35. The summed E-state index contributed by atoms with van der Waals surface area (Å²) in [5.74, 6) is -0.625. The van der Waals surface area contributed by atoms with Crippen molar-refractivity contribution in [3.05, 3.63) is 59.2 Å². The van der Waals surface area contributed by atoms with Gasteiger partial charge in [0, 0.05) is 35.8 Å². The van der Waals surface area contributed by atoms with Crippen LogP contribution < -0.4 is 5.32 Å². The van der Waals surface area contributed by atoms with E-state index in [2.05, 4.69) is 5.32 Å². The highest BCUT2D eigenvalue weighted by molar-refractivity contribution is 6.31. The molecular formula is C23H25ClN2O3. The highest BCUT2D eigenvalue weighted by Gasteiger charge is 2.30. The van der Waals surface area contributed by atoms with Crippen molar-refractivity contribution in [2.45, 2.75) is 25.6 Å². The van der Waals surface area contributed by atoms with Crippen LogP contribution in [0.1, 0.15) is 30.3 Å². The van der Waals surface area contributed by atoms with Crippen molar-refractivity contribution < 1.29 is 14.3 Å². The van der Waals surface area contributed by atoms with E-state index in [9.17, 15) is 4.79 Å². The molecule has 1 aliphatic rings. The number of ether oxygens (including phenoxy) is 2. The molecule has 1 N–H and O–H groups in total.